The highest BCUT2D eigenvalue weighted by Crippen LogP contribution is 2.54. The molecule has 0 bridgehead atoms. The summed E-state index contributed by atoms with van der Waals surface area (Å²) in [5, 5.41) is 4.40. The first-order chi connectivity index (χ1) is 19.7. The van der Waals surface area contributed by atoms with Gasteiger partial charge in [-0.3, -0.25) is 0 Å². The van der Waals surface area contributed by atoms with Gasteiger partial charge in [0, 0.05) is 22.6 Å². The van der Waals surface area contributed by atoms with Crippen molar-refractivity contribution in [1.82, 2.24) is 0 Å². The molecule has 0 saturated carbocycles. The van der Waals surface area contributed by atoms with E-state index in [1.807, 2.05) is 18.2 Å². The Kier molecular flexibility index (Phi) is 5.82. The second-order valence-electron chi connectivity index (χ2n) is 9.99. The Morgan fingerprint density at radius 2 is 1.18 bits per heavy atom. The molecule has 6 aromatic carbocycles. The molecule has 0 saturated heterocycles. The van der Waals surface area contributed by atoms with Crippen LogP contribution in [-0.4, -0.2) is 21.3 Å². The van der Waals surface area contributed by atoms with Crippen molar-refractivity contribution in [2.24, 2.45) is 0 Å². The molecule has 7 rings (SSSR count). The predicted octanol–water partition coefficient (Wildman–Crippen LogP) is 8.97. The summed E-state index contributed by atoms with van der Waals surface area (Å²) in [4.78, 5) is 0. The highest BCUT2D eigenvalue weighted by atomic mass is 16.5. The Bertz CT molecular complexity index is 1890. The molecule has 4 nitrogen and oxygen atoms in total. The van der Waals surface area contributed by atoms with Gasteiger partial charge in [0.1, 0.15) is 28.7 Å². The Balaban J connectivity index is 1.57. The van der Waals surface area contributed by atoms with Crippen LogP contribution in [-0.2, 0) is 0 Å². The minimum atomic E-state index is -0.162. The second-order valence-corrected chi connectivity index (χ2v) is 9.99. The molecule has 1 aliphatic rings. The van der Waals surface area contributed by atoms with Crippen molar-refractivity contribution >= 4 is 21.5 Å². The number of methoxy groups -OCH3 is 3. The highest BCUT2D eigenvalue weighted by molar-refractivity contribution is 5.95. The summed E-state index contributed by atoms with van der Waals surface area (Å²) < 4.78 is 24.1. The molecule has 40 heavy (non-hydrogen) atoms. The molecule has 0 N–H and O–H groups in total. The van der Waals surface area contributed by atoms with Gasteiger partial charge in [-0.25, -0.2) is 0 Å². The van der Waals surface area contributed by atoms with Gasteiger partial charge >= 0.3 is 0 Å². The van der Waals surface area contributed by atoms with Crippen molar-refractivity contribution in [3.05, 3.63) is 126 Å². The average Bonchev–Trinajstić information content (AvgIpc) is 3.02. The van der Waals surface area contributed by atoms with Crippen molar-refractivity contribution in [3.8, 4) is 39.9 Å². The Morgan fingerprint density at radius 3 is 1.85 bits per heavy atom. The van der Waals surface area contributed by atoms with E-state index in [9.17, 15) is 0 Å². The topological polar surface area (TPSA) is 36.9 Å². The van der Waals surface area contributed by atoms with E-state index in [1.54, 1.807) is 21.3 Å². The molecule has 1 heterocycles. The molecule has 6 aromatic rings. The molecular formula is C36H28O4. The second kappa shape index (κ2) is 9.65. The lowest BCUT2D eigenvalue weighted by molar-refractivity contribution is 0.406. The van der Waals surface area contributed by atoms with Crippen LogP contribution in [0.4, 0.5) is 0 Å². The van der Waals surface area contributed by atoms with Crippen LogP contribution in [0, 0.1) is 0 Å². The number of benzene rings is 6. The summed E-state index contributed by atoms with van der Waals surface area (Å²) in [5.41, 5.74) is 5.50. The first-order valence-corrected chi connectivity index (χ1v) is 13.3. The van der Waals surface area contributed by atoms with Gasteiger partial charge in [-0.15, -0.1) is 0 Å². The largest absolute Gasteiger partial charge is 0.497 e. The standard InChI is InChI=1S/C36H28O4/c1-37-26-14-9-23-12-17-31(39-3)34(29(23)20-26)36-28-16-11-25(22-7-5-4-6-8-22)19-33(28)40-32-18-13-24-10-15-27(38-2)21-30(24)35(32)36/h4-21,36H,1-3H3. The SMILES string of the molecule is COc1ccc2ccc(OC)c(C3c4ccc(-c5ccccc5)cc4Oc4ccc5ccc(OC)cc5c43)c2c1. The van der Waals surface area contributed by atoms with E-state index in [2.05, 4.69) is 91.0 Å². The maximum atomic E-state index is 6.70. The summed E-state index contributed by atoms with van der Waals surface area (Å²) in [6.07, 6.45) is 0. The van der Waals surface area contributed by atoms with E-state index in [4.69, 9.17) is 18.9 Å². The van der Waals surface area contributed by atoms with E-state index >= 15 is 0 Å². The van der Waals surface area contributed by atoms with E-state index < -0.39 is 0 Å². The normalized spacial score (nSPS) is 13.8. The summed E-state index contributed by atoms with van der Waals surface area (Å²) >= 11 is 0. The van der Waals surface area contributed by atoms with E-state index in [0.29, 0.717) is 0 Å². The van der Waals surface area contributed by atoms with Crippen molar-refractivity contribution in [3.63, 3.8) is 0 Å². The van der Waals surface area contributed by atoms with Crippen LogP contribution in [0.3, 0.4) is 0 Å². The fraction of sp³-hybridized carbons (Fsp3) is 0.111. The summed E-state index contributed by atoms with van der Waals surface area (Å²) in [7, 11) is 5.13. The van der Waals surface area contributed by atoms with Gasteiger partial charge < -0.3 is 18.9 Å². The molecule has 1 aliphatic heterocycles. The summed E-state index contributed by atoms with van der Waals surface area (Å²) in [6, 6.07) is 37.7. The third-order valence-electron chi connectivity index (χ3n) is 7.91. The number of hydrogen-bond donors (Lipinski definition) is 0. The van der Waals surface area contributed by atoms with Crippen molar-refractivity contribution in [2.45, 2.75) is 5.92 Å². The fourth-order valence-corrected chi connectivity index (χ4v) is 5.97. The van der Waals surface area contributed by atoms with Gasteiger partial charge in [-0.05, 0) is 75.1 Å². The van der Waals surface area contributed by atoms with Crippen LogP contribution < -0.4 is 18.9 Å². The van der Waals surface area contributed by atoms with Crippen LogP contribution in [0.15, 0.2) is 109 Å². The lowest BCUT2D eigenvalue weighted by Crippen LogP contribution is -2.14. The first-order valence-electron chi connectivity index (χ1n) is 13.3. The monoisotopic (exact) mass is 524 g/mol. The molecule has 0 amide bonds. The lowest BCUT2D eigenvalue weighted by Gasteiger charge is -2.32. The zero-order valence-corrected chi connectivity index (χ0v) is 22.6. The molecule has 0 radical (unpaired) electrons. The molecule has 4 heteroatoms. The van der Waals surface area contributed by atoms with Gasteiger partial charge in [0.15, 0.2) is 0 Å². The quantitative estimate of drug-likeness (QED) is 0.225. The number of hydrogen-bond acceptors (Lipinski definition) is 4. The maximum Gasteiger partial charge on any atom is 0.132 e. The molecule has 1 atom stereocenters. The van der Waals surface area contributed by atoms with E-state index in [1.165, 1.54) is 0 Å². The molecule has 0 fully saturated rings. The molecule has 0 aliphatic carbocycles. The van der Waals surface area contributed by atoms with Crippen LogP contribution in [0.25, 0.3) is 32.7 Å². The van der Waals surface area contributed by atoms with Gasteiger partial charge in [0.05, 0.1) is 21.3 Å². The molecule has 0 spiro atoms. The Hall–Kier alpha value is -4.96. The third kappa shape index (κ3) is 3.84. The predicted molar refractivity (Wildman–Crippen MR) is 160 cm³/mol. The molecule has 196 valence electrons. The zero-order valence-electron chi connectivity index (χ0n) is 22.6. The Labute approximate surface area is 233 Å². The van der Waals surface area contributed by atoms with Crippen LogP contribution in [0.5, 0.6) is 28.7 Å². The smallest absolute Gasteiger partial charge is 0.132 e. The van der Waals surface area contributed by atoms with Gasteiger partial charge in [0.2, 0.25) is 0 Å². The fourth-order valence-electron chi connectivity index (χ4n) is 5.97. The van der Waals surface area contributed by atoms with Gasteiger partial charge in [-0.2, -0.15) is 0 Å². The van der Waals surface area contributed by atoms with Gasteiger partial charge in [-0.1, -0.05) is 66.7 Å². The van der Waals surface area contributed by atoms with E-state index in [-0.39, 0.29) is 5.92 Å². The maximum absolute atomic E-state index is 6.70. The van der Waals surface area contributed by atoms with Crippen LogP contribution in [0.1, 0.15) is 22.6 Å². The number of ether oxygens (including phenoxy) is 4. The lowest BCUT2D eigenvalue weighted by atomic mass is 9.78. The summed E-state index contributed by atoms with van der Waals surface area (Å²) in [6.45, 7) is 0. The van der Waals surface area contributed by atoms with Crippen molar-refractivity contribution in [1.29, 1.82) is 0 Å². The molecule has 0 aromatic heterocycles. The third-order valence-corrected chi connectivity index (χ3v) is 7.91. The summed E-state index contributed by atoms with van der Waals surface area (Å²) in [5.74, 6) is 3.92. The highest BCUT2D eigenvalue weighted by Gasteiger charge is 2.34. The molecular weight excluding hydrogens is 496 g/mol. The van der Waals surface area contributed by atoms with Gasteiger partial charge in [0.25, 0.3) is 0 Å². The number of rotatable bonds is 5. The van der Waals surface area contributed by atoms with Crippen molar-refractivity contribution in [2.75, 3.05) is 21.3 Å². The van der Waals surface area contributed by atoms with Crippen LogP contribution in [0.2, 0.25) is 0 Å². The number of fused-ring (bicyclic) bond motifs is 5. The average molecular weight is 525 g/mol. The Morgan fingerprint density at radius 1 is 0.525 bits per heavy atom. The first kappa shape index (κ1) is 24.1. The van der Waals surface area contributed by atoms with Crippen LogP contribution >= 0.6 is 0 Å². The zero-order chi connectivity index (χ0) is 27.2. The minimum absolute atomic E-state index is 0.162. The minimum Gasteiger partial charge on any atom is -0.497 e. The van der Waals surface area contributed by atoms with Crippen molar-refractivity contribution < 1.29 is 18.9 Å². The molecule has 1 unspecified atom stereocenters. The van der Waals surface area contributed by atoms with E-state index in [0.717, 1.165) is 78.1 Å².